The molecule has 18 heavy (non-hydrogen) atoms. The first kappa shape index (κ1) is 13.6. The third-order valence-corrected chi connectivity index (χ3v) is 4.24. The first-order valence-electron chi connectivity index (χ1n) is 7.13. The van der Waals surface area contributed by atoms with Gasteiger partial charge in [0.2, 0.25) is 0 Å². The summed E-state index contributed by atoms with van der Waals surface area (Å²) in [4.78, 5) is 0. The molecule has 0 aromatic heterocycles. The zero-order chi connectivity index (χ0) is 12.8. The van der Waals surface area contributed by atoms with E-state index in [-0.39, 0.29) is 6.61 Å². The van der Waals surface area contributed by atoms with Gasteiger partial charge in [-0.25, -0.2) is 0 Å². The molecule has 0 heterocycles. The molecule has 1 aromatic rings. The summed E-state index contributed by atoms with van der Waals surface area (Å²) in [5, 5.41) is 18.2. The van der Waals surface area contributed by atoms with Crippen molar-refractivity contribution in [2.24, 2.45) is 5.92 Å². The van der Waals surface area contributed by atoms with Crippen LogP contribution in [0.4, 0.5) is 0 Å². The molecule has 2 nitrogen and oxygen atoms in total. The highest BCUT2D eigenvalue weighted by atomic mass is 16.3. The summed E-state index contributed by atoms with van der Waals surface area (Å²) in [6.45, 7) is -0.0979. The largest absolute Gasteiger partial charge is 0.394 e. The number of aliphatic hydroxyl groups excluding tert-OH is 2. The van der Waals surface area contributed by atoms with Crippen LogP contribution in [0.15, 0.2) is 30.3 Å². The minimum absolute atomic E-state index is 0.0979. The van der Waals surface area contributed by atoms with Crippen molar-refractivity contribution in [3.63, 3.8) is 0 Å². The number of rotatable bonds is 5. The van der Waals surface area contributed by atoms with Crippen molar-refractivity contribution in [3.05, 3.63) is 35.9 Å². The summed E-state index contributed by atoms with van der Waals surface area (Å²) in [6.07, 6.45) is 6.35. The first-order chi connectivity index (χ1) is 8.79. The van der Waals surface area contributed by atoms with E-state index in [0.717, 1.165) is 24.7 Å². The van der Waals surface area contributed by atoms with Crippen LogP contribution in [0, 0.1) is 5.92 Å². The van der Waals surface area contributed by atoms with Gasteiger partial charge in [0.1, 0.15) is 0 Å². The van der Waals surface area contributed by atoms with E-state index in [0.29, 0.717) is 0 Å². The average Bonchev–Trinajstić information content (AvgIpc) is 2.46. The average molecular weight is 248 g/mol. The van der Waals surface area contributed by atoms with Crippen LogP contribution in [-0.4, -0.2) is 22.9 Å². The highest BCUT2D eigenvalue weighted by Crippen LogP contribution is 2.37. The molecule has 1 aromatic carbocycles. The van der Waals surface area contributed by atoms with Crippen LogP contribution in [-0.2, 0) is 0 Å². The maximum atomic E-state index is 9.37. The fourth-order valence-corrected chi connectivity index (χ4v) is 3.03. The van der Waals surface area contributed by atoms with E-state index in [9.17, 15) is 5.11 Å². The predicted molar refractivity (Wildman–Crippen MR) is 73.5 cm³/mol. The van der Waals surface area contributed by atoms with Crippen LogP contribution < -0.4 is 0 Å². The van der Waals surface area contributed by atoms with Crippen molar-refractivity contribution < 1.29 is 10.2 Å². The van der Waals surface area contributed by atoms with Crippen LogP contribution in [0.1, 0.15) is 50.0 Å². The van der Waals surface area contributed by atoms with Crippen LogP contribution in [0.3, 0.4) is 0 Å². The predicted octanol–water partition coefficient (Wildman–Crippen LogP) is 3.09. The molecular formula is C16H24O2. The highest BCUT2D eigenvalue weighted by molar-refractivity contribution is 5.19. The summed E-state index contributed by atoms with van der Waals surface area (Å²) >= 11 is 0. The van der Waals surface area contributed by atoms with E-state index in [2.05, 4.69) is 30.3 Å². The van der Waals surface area contributed by atoms with Gasteiger partial charge in [0, 0.05) is 0 Å². The van der Waals surface area contributed by atoms with E-state index in [4.69, 9.17) is 5.11 Å². The molecule has 0 radical (unpaired) electrons. The molecule has 0 aliphatic heterocycles. The molecule has 0 bridgehead atoms. The lowest BCUT2D eigenvalue weighted by atomic mass is 9.77. The monoisotopic (exact) mass is 248 g/mol. The maximum Gasteiger partial charge on any atom is 0.0771 e. The summed E-state index contributed by atoms with van der Waals surface area (Å²) in [6, 6.07) is 10.8. The van der Waals surface area contributed by atoms with Gasteiger partial charge in [0.15, 0.2) is 0 Å². The number of benzene rings is 1. The van der Waals surface area contributed by atoms with Gasteiger partial charge in [-0.15, -0.1) is 0 Å². The Morgan fingerprint density at radius 2 is 1.72 bits per heavy atom. The van der Waals surface area contributed by atoms with Gasteiger partial charge < -0.3 is 10.2 Å². The molecule has 0 saturated heterocycles. The molecular weight excluding hydrogens is 224 g/mol. The van der Waals surface area contributed by atoms with Crippen molar-refractivity contribution >= 4 is 0 Å². The lowest BCUT2D eigenvalue weighted by Gasteiger charge is -2.29. The van der Waals surface area contributed by atoms with Crippen molar-refractivity contribution in [1.29, 1.82) is 0 Å². The highest BCUT2D eigenvalue weighted by Gasteiger charge is 2.22. The summed E-state index contributed by atoms with van der Waals surface area (Å²) < 4.78 is 0. The van der Waals surface area contributed by atoms with Crippen LogP contribution in [0.25, 0.3) is 0 Å². The normalized spacial score (nSPS) is 25.9. The smallest absolute Gasteiger partial charge is 0.0771 e. The van der Waals surface area contributed by atoms with Crippen molar-refractivity contribution in [2.45, 2.75) is 50.5 Å². The number of hydrogen-bond donors (Lipinski definition) is 2. The van der Waals surface area contributed by atoms with Crippen molar-refractivity contribution in [3.8, 4) is 0 Å². The number of aliphatic hydroxyl groups is 2. The zero-order valence-electron chi connectivity index (χ0n) is 11.0. The Balaban J connectivity index is 1.75. The Hall–Kier alpha value is -0.860. The molecule has 1 aliphatic carbocycles. The Morgan fingerprint density at radius 3 is 2.33 bits per heavy atom. The molecule has 1 aliphatic rings. The number of hydrogen-bond acceptors (Lipinski definition) is 2. The Bertz CT molecular complexity index is 328. The van der Waals surface area contributed by atoms with E-state index >= 15 is 0 Å². The maximum absolute atomic E-state index is 9.37. The quantitative estimate of drug-likeness (QED) is 0.840. The third-order valence-electron chi connectivity index (χ3n) is 4.24. The summed E-state index contributed by atoms with van der Waals surface area (Å²) in [7, 11) is 0. The van der Waals surface area contributed by atoms with E-state index in [1.807, 2.05) is 0 Å². The van der Waals surface area contributed by atoms with Crippen LogP contribution in [0.5, 0.6) is 0 Å². The molecule has 100 valence electrons. The zero-order valence-corrected chi connectivity index (χ0v) is 11.0. The molecule has 0 amide bonds. The van der Waals surface area contributed by atoms with Gasteiger partial charge in [-0.1, -0.05) is 30.3 Å². The lowest BCUT2D eigenvalue weighted by Crippen LogP contribution is -2.17. The van der Waals surface area contributed by atoms with Crippen LogP contribution in [0.2, 0.25) is 0 Å². The van der Waals surface area contributed by atoms with Gasteiger partial charge in [0.05, 0.1) is 12.7 Å². The standard InChI is InChI=1S/C16H24O2/c17-12-16(18)11-8-13-6-9-15(10-7-13)14-4-2-1-3-5-14/h1-5,13,15-18H,6-12H2. The fraction of sp³-hybridized carbons (Fsp3) is 0.625. The molecule has 1 fully saturated rings. The summed E-state index contributed by atoms with van der Waals surface area (Å²) in [5.74, 6) is 1.47. The Labute approximate surface area is 110 Å². The molecule has 1 atom stereocenters. The van der Waals surface area contributed by atoms with E-state index < -0.39 is 6.10 Å². The molecule has 1 saturated carbocycles. The second-order valence-corrected chi connectivity index (χ2v) is 5.54. The van der Waals surface area contributed by atoms with E-state index in [1.54, 1.807) is 0 Å². The third kappa shape index (κ3) is 3.82. The minimum atomic E-state index is -0.517. The first-order valence-corrected chi connectivity index (χ1v) is 7.13. The molecule has 2 rings (SSSR count). The summed E-state index contributed by atoms with van der Waals surface area (Å²) in [5.41, 5.74) is 1.48. The second-order valence-electron chi connectivity index (χ2n) is 5.54. The van der Waals surface area contributed by atoms with Gasteiger partial charge >= 0.3 is 0 Å². The van der Waals surface area contributed by atoms with Gasteiger partial charge in [-0.3, -0.25) is 0 Å². The minimum Gasteiger partial charge on any atom is -0.394 e. The lowest BCUT2D eigenvalue weighted by molar-refractivity contribution is 0.0801. The molecule has 2 heteroatoms. The van der Waals surface area contributed by atoms with Crippen LogP contribution >= 0.6 is 0 Å². The second kappa shape index (κ2) is 6.91. The topological polar surface area (TPSA) is 40.5 Å². The Kier molecular flexibility index (Phi) is 5.21. The fourth-order valence-electron chi connectivity index (χ4n) is 3.03. The van der Waals surface area contributed by atoms with Crippen molar-refractivity contribution in [2.75, 3.05) is 6.61 Å². The Morgan fingerprint density at radius 1 is 1.06 bits per heavy atom. The molecule has 1 unspecified atom stereocenters. The van der Waals surface area contributed by atoms with Crippen molar-refractivity contribution in [1.82, 2.24) is 0 Å². The van der Waals surface area contributed by atoms with Gasteiger partial charge in [-0.2, -0.15) is 0 Å². The van der Waals surface area contributed by atoms with Gasteiger partial charge in [-0.05, 0) is 55.9 Å². The molecule has 0 spiro atoms. The molecule has 2 N–H and O–H groups in total. The SMILES string of the molecule is OCC(O)CCC1CCC(c2ccccc2)CC1. The van der Waals surface area contributed by atoms with Gasteiger partial charge in [0.25, 0.3) is 0 Å². The van der Waals surface area contributed by atoms with E-state index in [1.165, 1.54) is 31.2 Å².